The van der Waals surface area contributed by atoms with Gasteiger partial charge in [-0.15, -0.1) is 0 Å². The molecule has 6 heteroatoms. The fourth-order valence-corrected chi connectivity index (χ4v) is 3.31. The first-order chi connectivity index (χ1) is 9.90. The van der Waals surface area contributed by atoms with Gasteiger partial charge in [0.25, 0.3) is 0 Å². The van der Waals surface area contributed by atoms with Gasteiger partial charge in [-0.1, -0.05) is 23.3 Å². The lowest BCUT2D eigenvalue weighted by atomic mass is 9.84. The predicted octanol–water partition coefficient (Wildman–Crippen LogP) is 1.17. The maximum Gasteiger partial charge on any atom is 0.248 e. The van der Waals surface area contributed by atoms with Gasteiger partial charge in [-0.3, -0.25) is 0 Å². The molecular formula is C14H18N6. The first kappa shape index (κ1) is 11.8. The Morgan fingerprint density at radius 1 is 1.10 bits per heavy atom. The lowest BCUT2D eigenvalue weighted by Crippen LogP contribution is -2.53. The molecule has 6 nitrogen and oxygen atoms in total. The molecule has 3 saturated heterocycles. The summed E-state index contributed by atoms with van der Waals surface area (Å²) in [5.74, 6) is 1.50. The Labute approximate surface area is 117 Å². The summed E-state index contributed by atoms with van der Waals surface area (Å²) in [5.41, 5.74) is 0.987. The Hall–Kier alpha value is -1.95. The molecule has 5 rings (SSSR count). The van der Waals surface area contributed by atoms with Crippen molar-refractivity contribution in [2.75, 3.05) is 25.0 Å². The Bertz CT molecular complexity index is 572. The van der Waals surface area contributed by atoms with E-state index in [0.29, 0.717) is 6.04 Å². The van der Waals surface area contributed by atoms with Crippen LogP contribution in [-0.2, 0) is 0 Å². The largest absolute Gasteiger partial charge is 0.348 e. The first-order valence-electron chi connectivity index (χ1n) is 7.23. The van der Waals surface area contributed by atoms with E-state index in [-0.39, 0.29) is 0 Å². The number of piperidine rings is 3. The SMILES string of the molecule is c1ccc(-n2nnnc2NC2CN3CCC2CC3)cc1. The third kappa shape index (κ3) is 2.06. The van der Waals surface area contributed by atoms with E-state index in [0.717, 1.165) is 24.1 Å². The van der Waals surface area contributed by atoms with Gasteiger partial charge in [-0.2, -0.15) is 4.68 Å². The lowest BCUT2D eigenvalue weighted by molar-refractivity contribution is 0.0971. The van der Waals surface area contributed by atoms with E-state index in [4.69, 9.17) is 0 Å². The van der Waals surface area contributed by atoms with Crippen molar-refractivity contribution in [2.45, 2.75) is 18.9 Å². The predicted molar refractivity (Wildman–Crippen MR) is 75.7 cm³/mol. The zero-order valence-electron chi connectivity index (χ0n) is 11.3. The summed E-state index contributed by atoms with van der Waals surface area (Å²) < 4.78 is 1.78. The number of hydrogen-bond acceptors (Lipinski definition) is 5. The van der Waals surface area contributed by atoms with E-state index >= 15 is 0 Å². The van der Waals surface area contributed by atoms with Crippen molar-refractivity contribution in [1.29, 1.82) is 0 Å². The molecule has 1 unspecified atom stereocenters. The molecular weight excluding hydrogens is 252 g/mol. The summed E-state index contributed by atoms with van der Waals surface area (Å²) in [5, 5.41) is 15.6. The Morgan fingerprint density at radius 2 is 1.90 bits per heavy atom. The average Bonchev–Trinajstić information content (AvgIpc) is 2.97. The standard InChI is InChI=1S/C14H18N6/c1-2-4-12(5-3-1)20-14(16-17-18-20)15-13-10-19-8-6-11(13)7-9-19/h1-5,11,13H,6-10H2,(H,15,16,18). The van der Waals surface area contributed by atoms with Crippen molar-refractivity contribution in [2.24, 2.45) is 5.92 Å². The van der Waals surface area contributed by atoms with Gasteiger partial charge in [0.15, 0.2) is 0 Å². The number of nitrogens with one attached hydrogen (secondary N) is 1. The fourth-order valence-electron chi connectivity index (χ4n) is 3.31. The van der Waals surface area contributed by atoms with Crippen LogP contribution in [0.1, 0.15) is 12.8 Å². The van der Waals surface area contributed by atoms with E-state index in [1.807, 2.05) is 30.3 Å². The Kier molecular flexibility index (Phi) is 2.88. The van der Waals surface area contributed by atoms with Crippen LogP contribution in [0.3, 0.4) is 0 Å². The number of hydrogen-bond donors (Lipinski definition) is 1. The van der Waals surface area contributed by atoms with Gasteiger partial charge in [0.05, 0.1) is 5.69 Å². The highest BCUT2D eigenvalue weighted by atomic mass is 15.6. The second-order valence-electron chi connectivity index (χ2n) is 5.64. The normalized spacial score (nSPS) is 28.5. The molecule has 0 amide bonds. The van der Waals surface area contributed by atoms with Crippen molar-refractivity contribution in [3.8, 4) is 5.69 Å². The molecule has 2 aromatic rings. The zero-order valence-corrected chi connectivity index (χ0v) is 11.3. The molecule has 4 heterocycles. The second kappa shape index (κ2) is 4.86. The van der Waals surface area contributed by atoms with Gasteiger partial charge in [0.1, 0.15) is 0 Å². The third-order valence-electron chi connectivity index (χ3n) is 4.44. The van der Waals surface area contributed by atoms with Gasteiger partial charge in [-0.05, 0) is 54.4 Å². The van der Waals surface area contributed by atoms with Crippen LogP contribution in [0.25, 0.3) is 5.69 Å². The van der Waals surface area contributed by atoms with E-state index in [9.17, 15) is 0 Å². The highest BCUT2D eigenvalue weighted by Gasteiger charge is 2.34. The number of benzene rings is 1. The summed E-state index contributed by atoms with van der Waals surface area (Å²) in [6, 6.07) is 10.5. The fraction of sp³-hybridized carbons (Fsp3) is 0.500. The molecule has 0 spiro atoms. The number of aromatic nitrogens is 4. The topological polar surface area (TPSA) is 58.9 Å². The summed E-state index contributed by atoms with van der Waals surface area (Å²) in [6.45, 7) is 3.59. The minimum atomic E-state index is 0.464. The minimum absolute atomic E-state index is 0.464. The summed E-state index contributed by atoms with van der Waals surface area (Å²) in [4.78, 5) is 2.52. The number of anilines is 1. The maximum atomic E-state index is 4.14. The van der Waals surface area contributed by atoms with Crippen LogP contribution in [0.15, 0.2) is 30.3 Å². The smallest absolute Gasteiger partial charge is 0.248 e. The van der Waals surface area contributed by atoms with E-state index in [2.05, 4.69) is 25.7 Å². The van der Waals surface area contributed by atoms with Crippen molar-refractivity contribution < 1.29 is 0 Å². The van der Waals surface area contributed by atoms with E-state index in [1.165, 1.54) is 25.9 Å². The maximum absolute atomic E-state index is 4.14. The van der Waals surface area contributed by atoms with Crippen LogP contribution < -0.4 is 5.32 Å². The zero-order chi connectivity index (χ0) is 13.4. The highest BCUT2D eigenvalue weighted by molar-refractivity contribution is 5.39. The minimum Gasteiger partial charge on any atom is -0.348 e. The third-order valence-corrected chi connectivity index (χ3v) is 4.44. The lowest BCUT2D eigenvalue weighted by Gasteiger charge is -2.44. The second-order valence-corrected chi connectivity index (χ2v) is 5.64. The number of nitrogens with zero attached hydrogens (tertiary/aromatic N) is 5. The van der Waals surface area contributed by atoms with Gasteiger partial charge in [0.2, 0.25) is 5.95 Å². The van der Waals surface area contributed by atoms with E-state index < -0.39 is 0 Å². The van der Waals surface area contributed by atoms with Crippen LogP contribution in [0, 0.1) is 5.92 Å². The number of rotatable bonds is 3. The molecule has 20 heavy (non-hydrogen) atoms. The van der Waals surface area contributed by atoms with Crippen LogP contribution in [0.2, 0.25) is 0 Å². The molecule has 0 radical (unpaired) electrons. The molecule has 3 aliphatic heterocycles. The summed E-state index contributed by atoms with van der Waals surface area (Å²) in [7, 11) is 0. The molecule has 3 aliphatic rings. The number of para-hydroxylation sites is 1. The average molecular weight is 270 g/mol. The number of fused-ring (bicyclic) bond motifs is 3. The van der Waals surface area contributed by atoms with Gasteiger partial charge >= 0.3 is 0 Å². The molecule has 104 valence electrons. The molecule has 2 bridgehead atoms. The molecule has 1 aromatic heterocycles. The van der Waals surface area contributed by atoms with Crippen LogP contribution in [-0.4, -0.2) is 50.8 Å². The van der Waals surface area contributed by atoms with Crippen LogP contribution >= 0.6 is 0 Å². The Balaban J connectivity index is 1.57. The summed E-state index contributed by atoms with van der Waals surface area (Å²) in [6.07, 6.45) is 2.56. The molecule has 1 atom stereocenters. The van der Waals surface area contributed by atoms with Gasteiger partial charge in [0, 0.05) is 12.6 Å². The molecule has 0 aliphatic carbocycles. The van der Waals surface area contributed by atoms with Crippen molar-refractivity contribution in [3.63, 3.8) is 0 Å². The summed E-state index contributed by atoms with van der Waals surface area (Å²) >= 11 is 0. The van der Waals surface area contributed by atoms with Crippen LogP contribution in [0.4, 0.5) is 5.95 Å². The van der Waals surface area contributed by atoms with Gasteiger partial charge < -0.3 is 10.2 Å². The van der Waals surface area contributed by atoms with E-state index in [1.54, 1.807) is 4.68 Å². The van der Waals surface area contributed by atoms with Gasteiger partial charge in [-0.25, -0.2) is 0 Å². The number of tetrazole rings is 1. The molecule has 1 aromatic carbocycles. The molecule has 1 N–H and O–H groups in total. The monoisotopic (exact) mass is 270 g/mol. The van der Waals surface area contributed by atoms with Crippen molar-refractivity contribution in [1.82, 2.24) is 25.1 Å². The molecule has 0 saturated carbocycles. The highest BCUT2D eigenvalue weighted by Crippen LogP contribution is 2.29. The molecule has 3 fully saturated rings. The Morgan fingerprint density at radius 3 is 2.60 bits per heavy atom. The van der Waals surface area contributed by atoms with Crippen molar-refractivity contribution >= 4 is 5.95 Å². The van der Waals surface area contributed by atoms with Crippen molar-refractivity contribution in [3.05, 3.63) is 30.3 Å². The first-order valence-corrected chi connectivity index (χ1v) is 7.23. The van der Waals surface area contributed by atoms with Crippen LogP contribution in [0.5, 0.6) is 0 Å². The quantitative estimate of drug-likeness (QED) is 0.907.